The first-order valence-electron chi connectivity index (χ1n) is 5.47. The number of carbonyl (C=O) groups excluding carboxylic acids is 1. The molecule has 0 saturated carbocycles. The lowest BCUT2D eigenvalue weighted by Crippen LogP contribution is -2.43. The number of aliphatic carboxylic acids is 1. The normalized spacial score (nSPS) is 12.9. The van der Waals surface area contributed by atoms with E-state index in [0.717, 1.165) is 6.07 Å². The van der Waals surface area contributed by atoms with Gasteiger partial charge in [0.05, 0.1) is 6.61 Å². The number of nitrogens with one attached hydrogen (secondary N) is 2. The molecule has 0 aliphatic carbocycles. The molecule has 1 heterocycles. The van der Waals surface area contributed by atoms with Crippen LogP contribution >= 0.6 is 0 Å². The minimum absolute atomic E-state index is 0.0430. The van der Waals surface area contributed by atoms with Gasteiger partial charge in [-0.15, -0.1) is 0 Å². The Labute approximate surface area is 115 Å². The van der Waals surface area contributed by atoms with E-state index in [1.807, 2.05) is 0 Å². The lowest BCUT2D eigenvalue weighted by molar-refractivity contribution is -0.140. The highest BCUT2D eigenvalue weighted by atomic mass is 32.2. The summed E-state index contributed by atoms with van der Waals surface area (Å²) in [5.74, 6) is -2.19. The summed E-state index contributed by atoms with van der Waals surface area (Å²) in [4.78, 5) is 22.4. The summed E-state index contributed by atoms with van der Waals surface area (Å²) >= 11 is 0. The van der Waals surface area contributed by atoms with Gasteiger partial charge in [-0.05, 0) is 13.1 Å². The number of nitrogens with zero attached hydrogens (tertiary/aromatic N) is 1. The van der Waals surface area contributed by atoms with Crippen molar-refractivity contribution in [3.63, 3.8) is 0 Å². The minimum Gasteiger partial charge on any atom is -0.480 e. The number of carboxylic acid groups (broad SMARTS) is 1. The third-order valence-electron chi connectivity index (χ3n) is 2.58. The van der Waals surface area contributed by atoms with Gasteiger partial charge in [0, 0.05) is 13.2 Å². The molecule has 0 unspecified atom stereocenters. The SMILES string of the molecule is CNS(=O)(=O)c1cc(C(=O)N[C@H](CO)C(=O)O)n(C)c1. The number of aryl methyl sites for hydroxylation is 1. The number of hydrogen-bond acceptors (Lipinski definition) is 5. The summed E-state index contributed by atoms with van der Waals surface area (Å²) in [6, 6.07) is -0.348. The maximum absolute atomic E-state index is 11.8. The fraction of sp³-hybridized carbons (Fsp3) is 0.400. The van der Waals surface area contributed by atoms with Crippen LogP contribution in [0.3, 0.4) is 0 Å². The average Bonchev–Trinajstić information content (AvgIpc) is 2.78. The summed E-state index contributed by atoms with van der Waals surface area (Å²) in [5, 5.41) is 19.6. The van der Waals surface area contributed by atoms with Crippen LogP contribution in [0.4, 0.5) is 0 Å². The van der Waals surface area contributed by atoms with Crippen molar-refractivity contribution in [2.45, 2.75) is 10.9 Å². The van der Waals surface area contributed by atoms with Gasteiger partial charge in [-0.3, -0.25) is 4.79 Å². The van der Waals surface area contributed by atoms with Crippen LogP contribution in [0.5, 0.6) is 0 Å². The van der Waals surface area contributed by atoms with Gasteiger partial charge in [-0.2, -0.15) is 0 Å². The molecule has 0 saturated heterocycles. The van der Waals surface area contributed by atoms with E-state index in [1.165, 1.54) is 24.9 Å². The topological polar surface area (TPSA) is 138 Å². The van der Waals surface area contributed by atoms with Gasteiger partial charge in [0.1, 0.15) is 10.6 Å². The molecule has 1 rings (SSSR count). The molecule has 0 bridgehead atoms. The number of carbonyl (C=O) groups is 2. The van der Waals surface area contributed by atoms with Crippen LogP contribution in [-0.4, -0.2) is 54.8 Å². The molecule has 0 aliphatic rings. The van der Waals surface area contributed by atoms with Gasteiger partial charge in [-0.25, -0.2) is 17.9 Å². The summed E-state index contributed by atoms with van der Waals surface area (Å²) in [6.45, 7) is -0.771. The van der Waals surface area contributed by atoms with Crippen LogP contribution in [-0.2, 0) is 21.9 Å². The van der Waals surface area contributed by atoms with E-state index in [0.29, 0.717) is 0 Å². The molecule has 10 heteroatoms. The van der Waals surface area contributed by atoms with Crippen molar-refractivity contribution in [2.75, 3.05) is 13.7 Å². The molecular weight excluding hydrogens is 290 g/mol. The van der Waals surface area contributed by atoms with E-state index in [9.17, 15) is 18.0 Å². The van der Waals surface area contributed by atoms with Crippen molar-refractivity contribution in [1.29, 1.82) is 0 Å². The number of rotatable bonds is 6. The molecule has 1 aromatic rings. The van der Waals surface area contributed by atoms with Crippen molar-refractivity contribution in [3.05, 3.63) is 18.0 Å². The van der Waals surface area contributed by atoms with Crippen molar-refractivity contribution in [3.8, 4) is 0 Å². The Morgan fingerprint density at radius 1 is 1.45 bits per heavy atom. The zero-order valence-corrected chi connectivity index (χ0v) is 11.6. The quantitative estimate of drug-likeness (QED) is 0.485. The highest BCUT2D eigenvalue weighted by Gasteiger charge is 2.23. The van der Waals surface area contributed by atoms with Crippen LogP contribution in [0, 0.1) is 0 Å². The van der Waals surface area contributed by atoms with E-state index in [-0.39, 0.29) is 10.6 Å². The molecule has 20 heavy (non-hydrogen) atoms. The van der Waals surface area contributed by atoms with Gasteiger partial charge in [-0.1, -0.05) is 0 Å². The number of aliphatic hydroxyl groups excluding tert-OH is 1. The molecule has 4 N–H and O–H groups in total. The van der Waals surface area contributed by atoms with Crippen molar-refractivity contribution < 1.29 is 28.2 Å². The molecule has 9 nitrogen and oxygen atoms in total. The van der Waals surface area contributed by atoms with Crippen molar-refractivity contribution in [2.24, 2.45) is 7.05 Å². The standard InChI is InChI=1S/C10H15N3O6S/c1-11-20(18,19)6-3-8(13(2)4-6)9(15)12-7(5-14)10(16)17/h3-4,7,11,14H,5H2,1-2H3,(H,12,15)(H,16,17)/t7-/m1/s1. The molecule has 1 aromatic heterocycles. The molecule has 0 fully saturated rings. The fourth-order valence-electron chi connectivity index (χ4n) is 1.44. The second-order valence-electron chi connectivity index (χ2n) is 3.93. The van der Waals surface area contributed by atoms with Gasteiger partial charge < -0.3 is 20.1 Å². The second kappa shape index (κ2) is 6.03. The van der Waals surface area contributed by atoms with Crippen molar-refractivity contribution in [1.82, 2.24) is 14.6 Å². The Bertz CT molecular complexity index is 621. The number of amides is 1. The van der Waals surface area contributed by atoms with Crippen molar-refractivity contribution >= 4 is 21.9 Å². The Kier molecular flexibility index (Phi) is 4.87. The zero-order chi connectivity index (χ0) is 15.5. The molecule has 1 atom stereocenters. The monoisotopic (exact) mass is 305 g/mol. The van der Waals surface area contributed by atoms with Gasteiger partial charge >= 0.3 is 5.97 Å². The maximum Gasteiger partial charge on any atom is 0.328 e. The third kappa shape index (κ3) is 3.35. The molecule has 112 valence electrons. The largest absolute Gasteiger partial charge is 0.480 e. The number of hydrogen-bond donors (Lipinski definition) is 4. The van der Waals surface area contributed by atoms with E-state index < -0.39 is 34.5 Å². The predicted octanol–water partition coefficient (Wildman–Crippen LogP) is -1.89. The first-order chi connectivity index (χ1) is 9.22. The van der Waals surface area contributed by atoms with Crippen LogP contribution < -0.4 is 10.0 Å². The predicted molar refractivity (Wildman–Crippen MR) is 67.6 cm³/mol. The Morgan fingerprint density at radius 3 is 2.50 bits per heavy atom. The Morgan fingerprint density at radius 2 is 2.05 bits per heavy atom. The van der Waals surface area contributed by atoms with Gasteiger partial charge in [0.25, 0.3) is 5.91 Å². The van der Waals surface area contributed by atoms with E-state index in [1.54, 1.807) is 0 Å². The number of carboxylic acids is 1. The lowest BCUT2D eigenvalue weighted by atomic mass is 10.3. The summed E-state index contributed by atoms with van der Waals surface area (Å²) in [6.07, 6.45) is 1.22. The fourth-order valence-corrected chi connectivity index (χ4v) is 2.24. The molecule has 0 radical (unpaired) electrons. The van der Waals surface area contributed by atoms with Crippen LogP contribution in [0.2, 0.25) is 0 Å². The number of aromatic nitrogens is 1. The average molecular weight is 305 g/mol. The van der Waals surface area contributed by atoms with Crippen LogP contribution in [0.15, 0.2) is 17.2 Å². The third-order valence-corrected chi connectivity index (χ3v) is 3.96. The highest BCUT2D eigenvalue weighted by Crippen LogP contribution is 2.13. The van der Waals surface area contributed by atoms with Crippen LogP contribution in [0.25, 0.3) is 0 Å². The van der Waals surface area contributed by atoms with E-state index in [2.05, 4.69) is 10.0 Å². The van der Waals surface area contributed by atoms with E-state index >= 15 is 0 Å². The number of aliphatic hydroxyl groups is 1. The molecular formula is C10H15N3O6S. The number of sulfonamides is 1. The highest BCUT2D eigenvalue weighted by molar-refractivity contribution is 7.89. The second-order valence-corrected chi connectivity index (χ2v) is 5.81. The Hall–Kier alpha value is -1.91. The maximum atomic E-state index is 11.8. The minimum atomic E-state index is -3.70. The zero-order valence-electron chi connectivity index (χ0n) is 10.8. The molecule has 0 aliphatic heterocycles. The Balaban J connectivity index is 3.04. The van der Waals surface area contributed by atoms with Gasteiger partial charge in [0.2, 0.25) is 10.0 Å². The van der Waals surface area contributed by atoms with Crippen LogP contribution in [0.1, 0.15) is 10.5 Å². The summed E-state index contributed by atoms with van der Waals surface area (Å²) < 4.78 is 26.5. The molecule has 0 aromatic carbocycles. The molecule has 0 spiro atoms. The van der Waals surface area contributed by atoms with E-state index in [4.69, 9.17) is 10.2 Å². The summed E-state index contributed by atoms with van der Waals surface area (Å²) in [7, 11) is -1.03. The molecule has 1 amide bonds. The first-order valence-corrected chi connectivity index (χ1v) is 6.95. The first kappa shape index (κ1) is 16.1. The smallest absolute Gasteiger partial charge is 0.328 e. The van der Waals surface area contributed by atoms with Gasteiger partial charge in [0.15, 0.2) is 6.04 Å². The lowest BCUT2D eigenvalue weighted by Gasteiger charge is -2.11. The summed E-state index contributed by atoms with van der Waals surface area (Å²) in [5.41, 5.74) is -0.0430.